The van der Waals surface area contributed by atoms with E-state index >= 15 is 0 Å². The average Bonchev–Trinajstić information content (AvgIpc) is 3.24. The smallest absolute Gasteiger partial charge is 0.309 e. The molecule has 8 heteroatoms. The zero-order chi connectivity index (χ0) is 16.7. The molecule has 0 aliphatic rings. The highest BCUT2D eigenvalue weighted by Crippen LogP contribution is 2.36. The molecule has 4 aromatic rings. The number of carbonyl (C=O) groups is 1. The van der Waals surface area contributed by atoms with Crippen molar-refractivity contribution in [2.45, 2.75) is 6.42 Å². The zero-order valence-electron chi connectivity index (χ0n) is 12.0. The number of thiophene rings is 1. The van der Waals surface area contributed by atoms with Crippen molar-refractivity contribution in [2.75, 3.05) is 0 Å². The highest BCUT2D eigenvalue weighted by molar-refractivity contribution is 7.19. The molecule has 24 heavy (non-hydrogen) atoms. The standard InChI is InChI=1S/C16H9ClN2O4S/c17-12-2-1-11(24-12)14-10(6-13(20)21)19-16(23-14)9-5-8-3-4-22-15(8)18-7-9/h1-5,7H,6H2,(H,20,21). The second-order valence-corrected chi connectivity index (χ2v) is 6.72. The van der Waals surface area contributed by atoms with Crippen LogP contribution in [-0.2, 0) is 11.2 Å². The van der Waals surface area contributed by atoms with E-state index in [-0.39, 0.29) is 6.42 Å². The molecule has 0 unspecified atom stereocenters. The van der Waals surface area contributed by atoms with Crippen LogP contribution < -0.4 is 0 Å². The summed E-state index contributed by atoms with van der Waals surface area (Å²) >= 11 is 7.27. The van der Waals surface area contributed by atoms with E-state index in [2.05, 4.69) is 9.97 Å². The second kappa shape index (κ2) is 5.77. The highest BCUT2D eigenvalue weighted by Gasteiger charge is 2.20. The molecule has 0 aliphatic heterocycles. The SMILES string of the molecule is O=C(O)Cc1nc(-c2cnc3occc3c2)oc1-c1ccc(Cl)s1. The number of furan rings is 1. The van der Waals surface area contributed by atoms with Crippen molar-refractivity contribution in [2.24, 2.45) is 0 Å². The second-order valence-electron chi connectivity index (χ2n) is 5.01. The maximum Gasteiger partial charge on any atom is 0.309 e. The Balaban J connectivity index is 1.83. The summed E-state index contributed by atoms with van der Waals surface area (Å²) < 4.78 is 11.6. The van der Waals surface area contributed by atoms with Crippen molar-refractivity contribution >= 4 is 40.0 Å². The van der Waals surface area contributed by atoms with Gasteiger partial charge in [0.25, 0.3) is 0 Å². The van der Waals surface area contributed by atoms with E-state index in [1.807, 2.05) is 6.07 Å². The minimum Gasteiger partial charge on any atom is -0.481 e. The van der Waals surface area contributed by atoms with E-state index in [0.29, 0.717) is 33.0 Å². The monoisotopic (exact) mass is 360 g/mol. The average molecular weight is 361 g/mol. The van der Waals surface area contributed by atoms with E-state index in [4.69, 9.17) is 25.5 Å². The van der Waals surface area contributed by atoms with Crippen molar-refractivity contribution in [3.05, 3.63) is 46.8 Å². The summed E-state index contributed by atoms with van der Waals surface area (Å²) in [4.78, 5) is 20.4. The van der Waals surface area contributed by atoms with Crippen LogP contribution in [0.4, 0.5) is 0 Å². The van der Waals surface area contributed by atoms with Crippen LogP contribution in [0.2, 0.25) is 4.34 Å². The van der Waals surface area contributed by atoms with Crippen LogP contribution in [-0.4, -0.2) is 21.0 Å². The Morgan fingerprint density at radius 1 is 1.33 bits per heavy atom. The number of aliphatic carboxylic acids is 1. The molecule has 0 bridgehead atoms. The molecule has 0 saturated carbocycles. The number of carboxylic acid groups (broad SMARTS) is 1. The maximum absolute atomic E-state index is 11.1. The van der Waals surface area contributed by atoms with Gasteiger partial charge in [-0.15, -0.1) is 11.3 Å². The number of halogens is 1. The lowest BCUT2D eigenvalue weighted by Gasteiger charge is -1.95. The number of carboxylic acids is 1. The third kappa shape index (κ3) is 2.68. The van der Waals surface area contributed by atoms with E-state index in [1.165, 1.54) is 11.3 Å². The molecule has 0 atom stereocenters. The molecule has 4 heterocycles. The van der Waals surface area contributed by atoms with Crippen LogP contribution in [0.15, 0.2) is 45.6 Å². The zero-order valence-corrected chi connectivity index (χ0v) is 13.6. The van der Waals surface area contributed by atoms with Gasteiger partial charge in [0.2, 0.25) is 11.6 Å². The van der Waals surface area contributed by atoms with Gasteiger partial charge in [-0.3, -0.25) is 4.79 Å². The maximum atomic E-state index is 11.1. The number of fused-ring (bicyclic) bond motifs is 1. The summed E-state index contributed by atoms with van der Waals surface area (Å²) in [6, 6.07) is 7.12. The third-order valence-electron chi connectivity index (χ3n) is 3.37. The fourth-order valence-electron chi connectivity index (χ4n) is 2.34. The number of hydrogen-bond donors (Lipinski definition) is 1. The van der Waals surface area contributed by atoms with Crippen molar-refractivity contribution in [3.8, 4) is 22.1 Å². The van der Waals surface area contributed by atoms with Gasteiger partial charge in [0, 0.05) is 11.6 Å². The molecule has 6 nitrogen and oxygen atoms in total. The van der Waals surface area contributed by atoms with Gasteiger partial charge in [-0.25, -0.2) is 9.97 Å². The lowest BCUT2D eigenvalue weighted by atomic mass is 10.2. The molecular formula is C16H9ClN2O4S. The number of hydrogen-bond acceptors (Lipinski definition) is 6. The summed E-state index contributed by atoms with van der Waals surface area (Å²) in [5, 5.41) is 9.92. The predicted molar refractivity (Wildman–Crippen MR) is 89.2 cm³/mol. The van der Waals surface area contributed by atoms with Gasteiger partial charge >= 0.3 is 5.97 Å². The molecule has 0 spiro atoms. The van der Waals surface area contributed by atoms with Gasteiger partial charge in [-0.1, -0.05) is 11.6 Å². The van der Waals surface area contributed by atoms with Gasteiger partial charge in [0.05, 0.1) is 33.2 Å². The van der Waals surface area contributed by atoms with E-state index < -0.39 is 5.97 Å². The molecule has 4 aromatic heterocycles. The number of oxazole rings is 1. The van der Waals surface area contributed by atoms with Crippen molar-refractivity contribution < 1.29 is 18.7 Å². The lowest BCUT2D eigenvalue weighted by Crippen LogP contribution is -2.01. The van der Waals surface area contributed by atoms with Crippen LogP contribution in [0.5, 0.6) is 0 Å². The number of rotatable bonds is 4. The number of nitrogens with zero attached hydrogens (tertiary/aromatic N) is 2. The normalized spacial score (nSPS) is 11.2. The van der Waals surface area contributed by atoms with Gasteiger partial charge in [-0.05, 0) is 24.3 Å². The lowest BCUT2D eigenvalue weighted by molar-refractivity contribution is -0.136. The van der Waals surface area contributed by atoms with E-state index in [9.17, 15) is 4.79 Å². The van der Waals surface area contributed by atoms with Gasteiger partial charge < -0.3 is 13.9 Å². The molecule has 1 N–H and O–H groups in total. The van der Waals surface area contributed by atoms with Crippen LogP contribution in [0, 0.1) is 0 Å². The van der Waals surface area contributed by atoms with Crippen molar-refractivity contribution in [1.82, 2.24) is 9.97 Å². The molecule has 0 aliphatic carbocycles. The van der Waals surface area contributed by atoms with Crippen LogP contribution in [0.3, 0.4) is 0 Å². The molecule has 0 aromatic carbocycles. The minimum atomic E-state index is -0.984. The quantitative estimate of drug-likeness (QED) is 0.576. The largest absolute Gasteiger partial charge is 0.481 e. The van der Waals surface area contributed by atoms with Gasteiger partial charge in [-0.2, -0.15) is 0 Å². The summed E-state index contributed by atoms with van der Waals surface area (Å²) in [5.41, 5.74) is 1.51. The summed E-state index contributed by atoms with van der Waals surface area (Å²) in [5.74, 6) is -0.264. The Kier molecular flexibility index (Phi) is 3.59. The highest BCUT2D eigenvalue weighted by atomic mass is 35.5. The fourth-order valence-corrected chi connectivity index (χ4v) is 3.39. The third-order valence-corrected chi connectivity index (χ3v) is 4.60. The molecule has 0 amide bonds. The predicted octanol–water partition coefficient (Wildman–Crippen LogP) is 4.49. The summed E-state index contributed by atoms with van der Waals surface area (Å²) in [6.45, 7) is 0. The Labute approximate surface area is 144 Å². The molecular weight excluding hydrogens is 352 g/mol. The van der Waals surface area contributed by atoms with E-state index in [1.54, 1.807) is 30.7 Å². The topological polar surface area (TPSA) is 89.4 Å². The summed E-state index contributed by atoms with van der Waals surface area (Å²) in [6.07, 6.45) is 2.88. The fraction of sp³-hybridized carbons (Fsp3) is 0.0625. The summed E-state index contributed by atoms with van der Waals surface area (Å²) in [7, 11) is 0. The van der Waals surface area contributed by atoms with Crippen LogP contribution >= 0.6 is 22.9 Å². The first-order valence-corrected chi connectivity index (χ1v) is 8.10. The van der Waals surface area contributed by atoms with Gasteiger partial charge in [0.15, 0.2) is 5.76 Å². The molecule has 0 radical (unpaired) electrons. The number of aromatic nitrogens is 2. The molecule has 4 rings (SSSR count). The van der Waals surface area contributed by atoms with E-state index in [0.717, 1.165) is 10.3 Å². The Morgan fingerprint density at radius 2 is 2.21 bits per heavy atom. The Bertz CT molecular complexity index is 1050. The Morgan fingerprint density at radius 3 is 2.96 bits per heavy atom. The van der Waals surface area contributed by atoms with Crippen molar-refractivity contribution in [3.63, 3.8) is 0 Å². The van der Waals surface area contributed by atoms with Crippen molar-refractivity contribution in [1.29, 1.82) is 0 Å². The minimum absolute atomic E-state index is 0.240. The number of pyridine rings is 1. The molecule has 0 fully saturated rings. The first-order chi connectivity index (χ1) is 11.6. The Hall–Kier alpha value is -2.64. The first kappa shape index (κ1) is 14.9. The molecule has 0 saturated heterocycles. The van der Waals surface area contributed by atoms with Gasteiger partial charge in [0.1, 0.15) is 0 Å². The molecule has 120 valence electrons. The van der Waals surface area contributed by atoms with Crippen LogP contribution in [0.25, 0.3) is 33.2 Å². The van der Waals surface area contributed by atoms with Crippen LogP contribution in [0.1, 0.15) is 5.69 Å². The first-order valence-electron chi connectivity index (χ1n) is 6.91.